The monoisotopic (exact) mass is 554 g/mol. The van der Waals surface area contributed by atoms with E-state index in [2.05, 4.69) is 15.9 Å². The first-order valence-corrected chi connectivity index (χ1v) is 11.3. The van der Waals surface area contributed by atoms with E-state index in [4.69, 9.17) is 33.2 Å². The van der Waals surface area contributed by atoms with Crippen LogP contribution in [0, 0.1) is 5.92 Å². The van der Waals surface area contributed by atoms with Crippen molar-refractivity contribution in [3.63, 3.8) is 0 Å². The third-order valence-electron chi connectivity index (χ3n) is 4.88. The van der Waals surface area contributed by atoms with Crippen LogP contribution in [-0.4, -0.2) is 85.2 Å². The highest BCUT2D eigenvalue weighted by atomic mass is 79.9. The molecule has 0 amide bonds. The zero-order chi connectivity index (χ0) is 26.2. The Balaban J connectivity index is 3.61. The maximum Gasteiger partial charge on any atom is 0.352 e. The van der Waals surface area contributed by atoms with Crippen LogP contribution in [0.25, 0.3) is 0 Å². The third-order valence-corrected chi connectivity index (χ3v) is 5.84. The lowest BCUT2D eigenvalue weighted by Gasteiger charge is -2.49. The summed E-state index contributed by atoms with van der Waals surface area (Å²) in [5.41, 5.74) is 0. The van der Waals surface area contributed by atoms with E-state index >= 15 is 0 Å². The minimum absolute atomic E-state index is 0.128. The molecule has 0 aromatic carbocycles. The van der Waals surface area contributed by atoms with Crippen molar-refractivity contribution < 1.29 is 57.1 Å². The van der Waals surface area contributed by atoms with Gasteiger partial charge < -0.3 is 33.2 Å². The average Bonchev–Trinajstić information content (AvgIpc) is 2.73. The van der Waals surface area contributed by atoms with Gasteiger partial charge in [0.05, 0.1) is 7.11 Å². The largest absolute Gasteiger partial charge is 0.466 e. The van der Waals surface area contributed by atoms with E-state index in [0.717, 1.165) is 27.9 Å². The summed E-state index contributed by atoms with van der Waals surface area (Å²) in [7, 11) is 1.12. The number of hydrogen-bond acceptors (Lipinski definition) is 12. The van der Waals surface area contributed by atoms with Crippen LogP contribution in [0.4, 0.5) is 0 Å². The Kier molecular flexibility index (Phi) is 11.4. The van der Waals surface area contributed by atoms with Crippen LogP contribution >= 0.6 is 15.9 Å². The lowest BCUT2D eigenvalue weighted by atomic mass is 9.83. The number of hydrogen-bond donors (Lipinski definition) is 0. The smallest absolute Gasteiger partial charge is 0.352 e. The van der Waals surface area contributed by atoms with E-state index in [9.17, 15) is 24.0 Å². The Morgan fingerprint density at radius 1 is 0.971 bits per heavy atom. The van der Waals surface area contributed by atoms with Crippen molar-refractivity contribution in [3.05, 3.63) is 0 Å². The first-order valence-electron chi connectivity index (χ1n) is 10.5. The number of carbonyl (C=O) groups is 5. The fourth-order valence-electron chi connectivity index (χ4n) is 3.61. The molecule has 0 saturated carbocycles. The predicted octanol–water partition coefficient (Wildman–Crippen LogP) is 1.05. The second kappa shape index (κ2) is 13.0. The standard InChI is InChI=1S/C21H31BrO12/c1-8-29-19-17(32-13(5)25)10(2)16(34-21(19,22)20(27)28-7)18(33-14(6)26)15(31-12(4)24)9-30-11(3)23/h10,15-19H,8-9H2,1-7H3/t10-,15+,16+,17+,18+,19-,21-/m0/s1. The van der Waals surface area contributed by atoms with Crippen molar-refractivity contribution in [1.82, 2.24) is 0 Å². The third kappa shape index (κ3) is 7.64. The Bertz CT molecular complexity index is 771. The SMILES string of the molecule is CCO[C@H]1[C@H](OC(C)=O)[C@@H](C)[C@H]([C@H](OC(C)=O)[C@@H](COC(C)=O)OC(C)=O)O[C@]1(Br)C(=O)OC. The molecule has 194 valence electrons. The molecule has 0 aliphatic carbocycles. The fourth-order valence-corrected chi connectivity index (χ4v) is 4.38. The van der Waals surface area contributed by atoms with Gasteiger partial charge in [-0.25, -0.2) is 4.79 Å². The first kappa shape index (κ1) is 29.8. The van der Waals surface area contributed by atoms with Crippen molar-refractivity contribution in [2.24, 2.45) is 5.92 Å². The molecule has 0 unspecified atom stereocenters. The number of halogens is 1. The molecule has 0 aromatic rings. The summed E-state index contributed by atoms with van der Waals surface area (Å²) < 4.78 is 35.8. The molecule has 0 radical (unpaired) electrons. The van der Waals surface area contributed by atoms with Crippen molar-refractivity contribution in [3.8, 4) is 0 Å². The van der Waals surface area contributed by atoms with Gasteiger partial charge in [-0.1, -0.05) is 6.92 Å². The Hall–Kier alpha value is -2.25. The minimum atomic E-state index is -1.99. The number of ether oxygens (including phenoxy) is 7. The second-order valence-corrected chi connectivity index (χ2v) is 8.73. The molecule has 13 heteroatoms. The summed E-state index contributed by atoms with van der Waals surface area (Å²) in [5, 5.41) is 0. The predicted molar refractivity (Wildman–Crippen MR) is 116 cm³/mol. The van der Waals surface area contributed by atoms with Gasteiger partial charge in [-0.05, 0) is 22.9 Å². The first-order chi connectivity index (χ1) is 15.8. The molecule has 7 atom stereocenters. The minimum Gasteiger partial charge on any atom is -0.466 e. The topological polar surface area (TPSA) is 150 Å². The molecule has 1 aliphatic rings. The molecule has 1 aliphatic heterocycles. The summed E-state index contributed by atoms with van der Waals surface area (Å²) in [6.45, 7) is 7.50. The fraction of sp³-hybridized carbons (Fsp3) is 0.762. The van der Waals surface area contributed by atoms with E-state index in [0.29, 0.717) is 0 Å². The molecule has 0 bridgehead atoms. The molecule has 1 fully saturated rings. The molecule has 0 spiro atoms. The van der Waals surface area contributed by atoms with Gasteiger partial charge in [-0.2, -0.15) is 0 Å². The highest BCUT2D eigenvalue weighted by Crippen LogP contribution is 2.43. The van der Waals surface area contributed by atoms with E-state index in [1.807, 2.05) is 0 Å². The van der Waals surface area contributed by atoms with Crippen LogP contribution in [0.5, 0.6) is 0 Å². The molecular formula is C21H31BrO12. The van der Waals surface area contributed by atoms with Crippen LogP contribution < -0.4 is 0 Å². The molecule has 0 N–H and O–H groups in total. The lowest BCUT2D eigenvalue weighted by Crippen LogP contribution is -2.67. The van der Waals surface area contributed by atoms with E-state index < -0.39 is 77.4 Å². The Morgan fingerprint density at radius 3 is 2.00 bits per heavy atom. The summed E-state index contributed by atoms with van der Waals surface area (Å²) in [5.74, 6) is -4.53. The lowest BCUT2D eigenvalue weighted by molar-refractivity contribution is -0.263. The quantitative estimate of drug-likeness (QED) is 0.215. The van der Waals surface area contributed by atoms with Crippen LogP contribution in [0.3, 0.4) is 0 Å². The van der Waals surface area contributed by atoms with Crippen molar-refractivity contribution in [2.75, 3.05) is 20.3 Å². The maximum atomic E-state index is 12.8. The van der Waals surface area contributed by atoms with E-state index in [-0.39, 0.29) is 6.61 Å². The molecule has 0 aromatic heterocycles. The molecule has 1 heterocycles. The van der Waals surface area contributed by atoms with Gasteiger partial charge >= 0.3 is 29.8 Å². The summed E-state index contributed by atoms with van der Waals surface area (Å²) >= 11 is 3.24. The summed E-state index contributed by atoms with van der Waals surface area (Å²) in [6.07, 6.45) is -6.15. The van der Waals surface area contributed by atoms with Gasteiger partial charge in [0.1, 0.15) is 24.9 Å². The maximum absolute atomic E-state index is 12.8. The van der Waals surface area contributed by atoms with Gasteiger partial charge in [0.15, 0.2) is 12.2 Å². The van der Waals surface area contributed by atoms with Gasteiger partial charge in [-0.15, -0.1) is 0 Å². The number of rotatable bonds is 10. The van der Waals surface area contributed by atoms with Gasteiger partial charge in [0.25, 0.3) is 4.51 Å². The van der Waals surface area contributed by atoms with Gasteiger partial charge in [0, 0.05) is 40.2 Å². The molecule has 1 rings (SSSR count). The van der Waals surface area contributed by atoms with Crippen LogP contribution in [0.15, 0.2) is 0 Å². The zero-order valence-electron chi connectivity index (χ0n) is 20.2. The van der Waals surface area contributed by atoms with Crippen molar-refractivity contribution in [2.45, 2.75) is 76.6 Å². The Labute approximate surface area is 206 Å². The molecule has 34 heavy (non-hydrogen) atoms. The van der Waals surface area contributed by atoms with Gasteiger partial charge in [0.2, 0.25) is 0 Å². The number of esters is 5. The highest BCUT2D eigenvalue weighted by molar-refractivity contribution is 9.10. The normalized spacial score (nSPS) is 28.1. The van der Waals surface area contributed by atoms with Crippen LogP contribution in [0.1, 0.15) is 41.5 Å². The van der Waals surface area contributed by atoms with Gasteiger partial charge in [-0.3, -0.25) is 19.2 Å². The van der Waals surface area contributed by atoms with Crippen LogP contribution in [-0.2, 0) is 57.1 Å². The number of methoxy groups -OCH3 is 1. The van der Waals surface area contributed by atoms with Crippen molar-refractivity contribution >= 4 is 45.8 Å². The Morgan fingerprint density at radius 2 is 1.56 bits per heavy atom. The highest BCUT2D eigenvalue weighted by Gasteiger charge is 2.62. The number of alkyl halides is 1. The molecular weight excluding hydrogens is 524 g/mol. The van der Waals surface area contributed by atoms with E-state index in [1.165, 1.54) is 6.92 Å². The summed E-state index contributed by atoms with van der Waals surface area (Å²) in [4.78, 5) is 59.8. The molecule has 12 nitrogen and oxygen atoms in total. The second-order valence-electron chi connectivity index (χ2n) is 7.55. The van der Waals surface area contributed by atoms with E-state index in [1.54, 1.807) is 13.8 Å². The zero-order valence-corrected chi connectivity index (χ0v) is 21.7. The average molecular weight is 555 g/mol. The van der Waals surface area contributed by atoms with Crippen LogP contribution in [0.2, 0.25) is 0 Å². The van der Waals surface area contributed by atoms with Crippen molar-refractivity contribution in [1.29, 1.82) is 0 Å². The summed E-state index contributed by atoms with van der Waals surface area (Å²) in [6, 6.07) is 0. The molecule has 1 saturated heterocycles. The number of carbonyl (C=O) groups excluding carboxylic acids is 5.